The molecule has 0 aromatic heterocycles. The minimum absolute atomic E-state index is 0.333. The van der Waals surface area contributed by atoms with Gasteiger partial charge in [-0.15, -0.1) is 0 Å². The lowest BCUT2D eigenvalue weighted by Gasteiger charge is -2.44. The summed E-state index contributed by atoms with van der Waals surface area (Å²) in [4.78, 5) is 39.9. The Kier molecular flexibility index (Phi) is 14.1. The lowest BCUT2D eigenvalue weighted by atomic mass is 9.68. The molecule has 0 radical (unpaired) electrons. The fourth-order valence-corrected chi connectivity index (χ4v) is 6.67. The van der Waals surface area contributed by atoms with Crippen LogP contribution in [-0.2, 0) is 43.5 Å². The maximum absolute atomic E-state index is 11.4. The third-order valence-corrected chi connectivity index (χ3v) is 9.46. The monoisotopic (exact) mass is 696 g/mol. The Morgan fingerprint density at radius 1 is 0.574 bits per heavy atom. The highest BCUT2D eigenvalue weighted by molar-refractivity contribution is 7.39. The van der Waals surface area contributed by atoms with Gasteiger partial charge in [0.2, 0.25) is 0 Å². The Labute approximate surface area is 286 Å². The molecular weight excluding hydrogens is 634 g/mol. The van der Waals surface area contributed by atoms with E-state index < -0.39 is 35.3 Å². The molecule has 2 rings (SSSR count). The lowest BCUT2D eigenvalue weighted by Crippen LogP contribution is -2.46. The van der Waals surface area contributed by atoms with E-state index in [0.717, 1.165) is 46.2 Å². The van der Waals surface area contributed by atoms with E-state index in [2.05, 4.69) is 121 Å². The molecule has 2 aromatic carbocycles. The highest BCUT2D eigenvalue weighted by Gasteiger charge is 2.48. The molecule has 2 aromatic rings. The van der Waals surface area contributed by atoms with Gasteiger partial charge in [-0.3, -0.25) is 0 Å². The summed E-state index contributed by atoms with van der Waals surface area (Å²) in [5.74, 6) is 0.676. The van der Waals surface area contributed by atoms with Gasteiger partial charge in [0.25, 0.3) is 0 Å². The maximum atomic E-state index is 11.4. The van der Waals surface area contributed by atoms with Crippen molar-refractivity contribution in [2.45, 2.75) is 138 Å². The number of hydrogen-bond donors (Lipinski definition) is 5. The van der Waals surface area contributed by atoms with Gasteiger partial charge in [0.05, 0.1) is 25.2 Å². The molecule has 268 valence electrons. The fourth-order valence-electron chi connectivity index (χ4n) is 5.92. The van der Waals surface area contributed by atoms with E-state index in [1.807, 2.05) is 0 Å². The summed E-state index contributed by atoms with van der Waals surface area (Å²) in [6.07, 6.45) is 0.669. The van der Waals surface area contributed by atoms with Crippen molar-refractivity contribution in [1.82, 2.24) is 0 Å². The fraction of sp³-hybridized carbons (Fsp3) is 0.676. The summed E-state index contributed by atoms with van der Waals surface area (Å²) in [7, 11) is -5.63. The van der Waals surface area contributed by atoms with Crippen LogP contribution >= 0.6 is 17.2 Å². The number of aliphatic hydroxyl groups is 1. The van der Waals surface area contributed by atoms with Gasteiger partial charge in [-0.25, -0.2) is 0 Å². The first-order chi connectivity index (χ1) is 21.3. The van der Waals surface area contributed by atoms with E-state index >= 15 is 0 Å². The largest absolute Gasteiger partial charge is 0.484 e. The smallest absolute Gasteiger partial charge is 0.327 e. The second-order valence-corrected chi connectivity index (χ2v) is 18.4. The molecule has 1 unspecified atom stereocenters. The molecule has 0 fully saturated rings. The summed E-state index contributed by atoms with van der Waals surface area (Å²) in [6.45, 7) is 28.6. The molecular formula is C37H62O8P2. The molecule has 0 saturated heterocycles. The highest BCUT2D eigenvalue weighted by atomic mass is 31.2. The third-order valence-electron chi connectivity index (χ3n) is 8.74. The van der Waals surface area contributed by atoms with Gasteiger partial charge in [0, 0.05) is 16.7 Å². The quantitative estimate of drug-likeness (QED) is 0.132. The Morgan fingerprint density at radius 3 is 1.15 bits per heavy atom. The standard InChI is InChI=1S/C37H62O8P2/c1-15-24-17-26(33(3,4)5)30(27(18-24)34(6,7)8)32(37(21-38,22-43-46(39)40)23-44-47(41)42)45-31-28(35(9,10)11)19-25(16-2)20-29(31)36(12,13)14/h17-20,32,38-42H,15-16,21-23H2,1-14H3. The summed E-state index contributed by atoms with van der Waals surface area (Å²) < 4.78 is 18.4. The van der Waals surface area contributed by atoms with Crippen LogP contribution in [0.4, 0.5) is 0 Å². The normalized spacial score (nSPS) is 14.3. The van der Waals surface area contributed by atoms with Crippen molar-refractivity contribution >= 4 is 17.2 Å². The average Bonchev–Trinajstić information content (AvgIpc) is 2.93. The van der Waals surface area contributed by atoms with Crippen LogP contribution < -0.4 is 4.74 Å². The number of benzene rings is 2. The number of ether oxygens (including phenoxy) is 1. The van der Waals surface area contributed by atoms with E-state index in [0.29, 0.717) is 5.75 Å². The van der Waals surface area contributed by atoms with E-state index in [1.165, 1.54) is 5.56 Å². The van der Waals surface area contributed by atoms with E-state index in [9.17, 15) is 24.7 Å². The number of aliphatic hydroxyl groups excluding tert-OH is 1. The minimum Gasteiger partial charge on any atom is -0.484 e. The number of rotatable bonds is 13. The second-order valence-electron chi connectivity index (χ2n) is 16.9. The zero-order valence-corrected chi connectivity index (χ0v) is 33.1. The topological polar surface area (TPSA) is 129 Å². The molecule has 10 heteroatoms. The Balaban J connectivity index is 3.33. The first kappa shape index (κ1) is 42.0. The van der Waals surface area contributed by atoms with Crippen LogP contribution in [0.2, 0.25) is 0 Å². The molecule has 0 amide bonds. The molecule has 0 aliphatic carbocycles. The van der Waals surface area contributed by atoms with Gasteiger partial charge in [-0.1, -0.05) is 121 Å². The second kappa shape index (κ2) is 15.8. The predicted octanol–water partition coefficient (Wildman–Crippen LogP) is 8.56. The van der Waals surface area contributed by atoms with Crippen molar-refractivity contribution in [3.63, 3.8) is 0 Å². The van der Waals surface area contributed by atoms with Gasteiger partial charge >= 0.3 is 17.2 Å². The van der Waals surface area contributed by atoms with Crippen LogP contribution in [0.3, 0.4) is 0 Å². The molecule has 0 bridgehead atoms. The molecule has 0 saturated carbocycles. The van der Waals surface area contributed by atoms with E-state index in [1.54, 1.807) is 0 Å². The zero-order chi connectivity index (χ0) is 36.3. The van der Waals surface area contributed by atoms with Crippen molar-refractivity contribution in [2.24, 2.45) is 5.41 Å². The highest BCUT2D eigenvalue weighted by Crippen LogP contribution is 2.52. The molecule has 0 aliphatic rings. The van der Waals surface area contributed by atoms with Crippen molar-refractivity contribution < 1.29 is 38.5 Å². The maximum Gasteiger partial charge on any atom is 0.327 e. The first-order valence-corrected chi connectivity index (χ1v) is 18.9. The van der Waals surface area contributed by atoms with Crippen LogP contribution in [0.15, 0.2) is 24.3 Å². The summed E-state index contributed by atoms with van der Waals surface area (Å²) in [5.41, 5.74) is 4.27. The molecule has 5 N–H and O–H groups in total. The molecule has 0 spiro atoms. The van der Waals surface area contributed by atoms with E-state index in [4.69, 9.17) is 13.8 Å². The van der Waals surface area contributed by atoms with Gasteiger partial charge < -0.3 is 38.5 Å². The Hall–Kier alpha value is -1.18. The molecule has 0 heterocycles. The minimum atomic E-state index is -2.82. The van der Waals surface area contributed by atoms with Crippen molar-refractivity contribution in [1.29, 1.82) is 0 Å². The zero-order valence-electron chi connectivity index (χ0n) is 31.3. The molecule has 8 nitrogen and oxygen atoms in total. The lowest BCUT2D eigenvalue weighted by molar-refractivity contribution is -0.0674. The van der Waals surface area contributed by atoms with Gasteiger partial charge in [0.1, 0.15) is 11.9 Å². The average molecular weight is 697 g/mol. The van der Waals surface area contributed by atoms with Gasteiger partial charge in [-0.2, -0.15) is 0 Å². The SMILES string of the molecule is CCc1cc(C(C)(C)C)c(OC(c2c(C(C)(C)C)cc(CC)cc2C(C)(C)C)C(CO)(COP(O)O)COP(O)O)c(C(C)(C)C)c1. The van der Waals surface area contributed by atoms with Crippen molar-refractivity contribution in [3.05, 3.63) is 63.2 Å². The van der Waals surface area contributed by atoms with E-state index in [-0.39, 0.29) is 34.9 Å². The van der Waals surface area contributed by atoms with Crippen LogP contribution in [0, 0.1) is 5.41 Å². The van der Waals surface area contributed by atoms with Gasteiger partial charge in [0.15, 0.2) is 0 Å². The van der Waals surface area contributed by atoms with Crippen LogP contribution in [-0.4, -0.2) is 44.5 Å². The first-order valence-electron chi connectivity index (χ1n) is 16.6. The predicted molar refractivity (Wildman–Crippen MR) is 194 cm³/mol. The molecule has 47 heavy (non-hydrogen) atoms. The molecule has 0 aliphatic heterocycles. The third kappa shape index (κ3) is 10.7. The van der Waals surface area contributed by atoms with Crippen LogP contribution in [0.1, 0.15) is 142 Å². The van der Waals surface area contributed by atoms with Gasteiger partial charge in [-0.05, 0) is 56.8 Å². The number of hydrogen-bond acceptors (Lipinski definition) is 8. The Morgan fingerprint density at radius 2 is 0.894 bits per heavy atom. The summed E-state index contributed by atoms with van der Waals surface area (Å²) in [5, 5.41) is 11.4. The van der Waals surface area contributed by atoms with Crippen molar-refractivity contribution in [3.8, 4) is 5.75 Å². The number of aryl methyl sites for hydroxylation is 2. The molecule has 1 atom stereocenters. The summed E-state index contributed by atoms with van der Waals surface area (Å²) >= 11 is 0. The van der Waals surface area contributed by atoms with Crippen molar-refractivity contribution in [2.75, 3.05) is 19.8 Å². The summed E-state index contributed by atoms with van der Waals surface area (Å²) in [6, 6.07) is 8.75. The van der Waals surface area contributed by atoms with Crippen LogP contribution in [0.25, 0.3) is 0 Å². The Bertz CT molecular complexity index is 1250. The van der Waals surface area contributed by atoms with Crippen LogP contribution in [0.5, 0.6) is 5.75 Å².